The summed E-state index contributed by atoms with van der Waals surface area (Å²) >= 11 is 5.30. The van der Waals surface area contributed by atoms with Crippen LogP contribution in [0.4, 0.5) is 5.69 Å². The topological polar surface area (TPSA) is 70.7 Å². The van der Waals surface area contributed by atoms with Crippen molar-refractivity contribution in [2.24, 2.45) is 0 Å². The van der Waals surface area contributed by atoms with Crippen LogP contribution in [0.3, 0.4) is 0 Å². The monoisotopic (exact) mass is 455 g/mol. The smallest absolute Gasteiger partial charge is 0.261 e. The predicted octanol–water partition coefficient (Wildman–Crippen LogP) is 4.79. The van der Waals surface area contributed by atoms with Crippen molar-refractivity contribution in [1.29, 1.82) is 0 Å². The van der Waals surface area contributed by atoms with E-state index in [2.05, 4.69) is 17.6 Å². The molecule has 2 rings (SSSR count). The third-order valence-corrected chi connectivity index (χ3v) is 5.16. The van der Waals surface area contributed by atoms with Gasteiger partial charge in [-0.1, -0.05) is 50.5 Å². The molecule has 0 atom stereocenters. The molecule has 0 aliphatic heterocycles. The number of nitrogens with zero attached hydrogens (tertiary/aromatic N) is 1. The maximum Gasteiger partial charge on any atom is 0.261 e. The number of rotatable bonds is 11. The van der Waals surface area contributed by atoms with Crippen LogP contribution in [0.15, 0.2) is 48.5 Å². The summed E-state index contributed by atoms with van der Waals surface area (Å²) in [4.78, 5) is 26.0. The first kappa shape index (κ1) is 25.3. The first-order valence-corrected chi connectivity index (χ1v) is 11.4. The van der Waals surface area contributed by atoms with E-state index in [0.717, 1.165) is 24.1 Å². The molecule has 0 bridgehead atoms. The highest BCUT2D eigenvalue weighted by Gasteiger charge is 2.14. The summed E-state index contributed by atoms with van der Waals surface area (Å²) < 4.78 is 5.82. The van der Waals surface area contributed by atoms with E-state index < -0.39 is 0 Å². The number of amides is 2. The summed E-state index contributed by atoms with van der Waals surface area (Å²) in [5, 5.41) is 5.95. The van der Waals surface area contributed by atoms with Gasteiger partial charge in [0.2, 0.25) is 5.91 Å². The van der Waals surface area contributed by atoms with Gasteiger partial charge >= 0.3 is 0 Å². The lowest BCUT2D eigenvalue weighted by Crippen LogP contribution is -2.34. The van der Waals surface area contributed by atoms with Gasteiger partial charge in [0, 0.05) is 26.2 Å². The van der Waals surface area contributed by atoms with Crippen LogP contribution in [0.25, 0.3) is 0 Å². The molecule has 0 aliphatic carbocycles. The highest BCUT2D eigenvalue weighted by molar-refractivity contribution is 7.80. The first-order valence-electron chi connectivity index (χ1n) is 11.0. The average Bonchev–Trinajstić information content (AvgIpc) is 2.78. The Bertz CT molecular complexity index is 898. The highest BCUT2D eigenvalue weighted by atomic mass is 32.1. The van der Waals surface area contributed by atoms with Gasteiger partial charge in [-0.05, 0) is 54.9 Å². The number of carbonyl (C=O) groups excluding carboxylic acids is 2. The van der Waals surface area contributed by atoms with Crippen LogP contribution >= 0.6 is 12.2 Å². The van der Waals surface area contributed by atoms with Crippen LogP contribution in [0, 0.1) is 0 Å². The summed E-state index contributed by atoms with van der Waals surface area (Å²) in [6, 6.07) is 14.8. The van der Waals surface area contributed by atoms with Crippen molar-refractivity contribution in [2.75, 3.05) is 26.0 Å². The van der Waals surface area contributed by atoms with Gasteiger partial charge in [-0.2, -0.15) is 0 Å². The number of nitrogens with one attached hydrogen (secondary N) is 2. The number of unbranched alkanes of at least 4 members (excludes halogenated alkanes) is 3. The minimum atomic E-state index is -0.314. The van der Waals surface area contributed by atoms with Crippen LogP contribution in [0.5, 0.6) is 5.75 Å². The molecule has 0 aromatic heterocycles. The molecule has 0 spiro atoms. The van der Waals surface area contributed by atoms with Crippen LogP contribution in [-0.4, -0.2) is 42.5 Å². The molecule has 6 nitrogen and oxygen atoms in total. The Morgan fingerprint density at radius 3 is 2.41 bits per heavy atom. The van der Waals surface area contributed by atoms with Crippen LogP contribution in [0.2, 0.25) is 0 Å². The van der Waals surface area contributed by atoms with E-state index in [1.165, 1.54) is 12.8 Å². The molecule has 0 saturated carbocycles. The Morgan fingerprint density at radius 1 is 1.00 bits per heavy atom. The zero-order valence-electron chi connectivity index (χ0n) is 19.1. The fourth-order valence-electron chi connectivity index (χ4n) is 3.05. The Labute approximate surface area is 196 Å². The molecule has 2 amide bonds. The molecule has 0 aliphatic rings. The molecule has 2 N–H and O–H groups in total. The molecular formula is C25H33N3O3S. The number of hydrogen-bond donors (Lipinski definition) is 2. The SMILES string of the molecule is CCCCCCOc1ccccc1C(=O)NC(=S)Nc1ccc(CCC(=O)N(C)C)cc1. The van der Waals surface area contributed by atoms with Crippen molar-refractivity contribution in [3.05, 3.63) is 59.7 Å². The summed E-state index contributed by atoms with van der Waals surface area (Å²) in [7, 11) is 3.51. The van der Waals surface area contributed by atoms with E-state index in [1.807, 2.05) is 30.3 Å². The van der Waals surface area contributed by atoms with Crippen LogP contribution in [-0.2, 0) is 11.2 Å². The van der Waals surface area contributed by atoms with E-state index in [9.17, 15) is 9.59 Å². The van der Waals surface area contributed by atoms with E-state index in [-0.39, 0.29) is 16.9 Å². The second-order valence-corrected chi connectivity index (χ2v) is 8.21. The van der Waals surface area contributed by atoms with E-state index in [1.54, 1.807) is 37.2 Å². The van der Waals surface area contributed by atoms with Gasteiger partial charge in [0.15, 0.2) is 5.11 Å². The standard InChI is InChI=1S/C25H33N3O3S/c1-4-5-6-9-18-31-22-11-8-7-10-21(22)24(30)27-25(32)26-20-15-12-19(13-16-20)14-17-23(29)28(2)3/h7-8,10-13,15-16H,4-6,9,14,17-18H2,1-3H3,(H2,26,27,30,32). The molecule has 0 heterocycles. The van der Waals surface area contributed by atoms with Gasteiger partial charge < -0.3 is 15.0 Å². The summed E-state index contributed by atoms with van der Waals surface area (Å²) in [5.41, 5.74) is 2.28. The number of aryl methyl sites for hydroxylation is 1. The second-order valence-electron chi connectivity index (χ2n) is 7.80. The Kier molecular flexibility index (Phi) is 10.7. The van der Waals surface area contributed by atoms with Gasteiger partial charge in [-0.25, -0.2) is 0 Å². The molecule has 7 heteroatoms. The Balaban J connectivity index is 1.86. The van der Waals surface area contributed by atoms with Gasteiger partial charge in [0.1, 0.15) is 5.75 Å². The molecule has 2 aromatic rings. The fraction of sp³-hybridized carbons (Fsp3) is 0.400. The van der Waals surface area contributed by atoms with Crippen molar-refractivity contribution in [2.45, 2.75) is 45.4 Å². The fourth-order valence-corrected chi connectivity index (χ4v) is 3.26. The van der Waals surface area contributed by atoms with Gasteiger partial charge in [0.05, 0.1) is 12.2 Å². The van der Waals surface area contributed by atoms with Crippen LogP contribution in [0.1, 0.15) is 54.9 Å². The molecule has 2 aromatic carbocycles. The number of carbonyl (C=O) groups is 2. The lowest BCUT2D eigenvalue weighted by Gasteiger charge is -2.13. The summed E-state index contributed by atoms with van der Waals surface area (Å²) in [6.07, 6.45) is 5.57. The Hall–Kier alpha value is -2.93. The number of hydrogen-bond acceptors (Lipinski definition) is 4. The zero-order chi connectivity index (χ0) is 23.3. The molecule has 0 unspecified atom stereocenters. The lowest BCUT2D eigenvalue weighted by atomic mass is 10.1. The van der Waals surface area contributed by atoms with Gasteiger partial charge in [-0.3, -0.25) is 14.9 Å². The molecule has 0 radical (unpaired) electrons. The number of ether oxygens (including phenoxy) is 1. The minimum absolute atomic E-state index is 0.0984. The molecule has 172 valence electrons. The van der Waals surface area contributed by atoms with Gasteiger partial charge in [-0.15, -0.1) is 0 Å². The summed E-state index contributed by atoms with van der Waals surface area (Å²) in [6.45, 7) is 2.75. The summed E-state index contributed by atoms with van der Waals surface area (Å²) in [5.74, 6) is 0.340. The lowest BCUT2D eigenvalue weighted by molar-refractivity contribution is -0.128. The second kappa shape index (κ2) is 13.5. The maximum absolute atomic E-state index is 12.7. The predicted molar refractivity (Wildman–Crippen MR) is 133 cm³/mol. The highest BCUT2D eigenvalue weighted by Crippen LogP contribution is 2.19. The molecule has 0 saturated heterocycles. The Morgan fingerprint density at radius 2 is 1.72 bits per heavy atom. The van der Waals surface area contributed by atoms with Crippen molar-refractivity contribution in [3.63, 3.8) is 0 Å². The quantitative estimate of drug-likeness (QED) is 0.376. The van der Waals surface area contributed by atoms with Crippen molar-refractivity contribution < 1.29 is 14.3 Å². The molecule has 0 fully saturated rings. The van der Waals surface area contributed by atoms with Gasteiger partial charge in [0.25, 0.3) is 5.91 Å². The first-order chi connectivity index (χ1) is 15.4. The van der Waals surface area contributed by atoms with E-state index in [0.29, 0.717) is 30.8 Å². The third kappa shape index (κ3) is 8.67. The molecular weight excluding hydrogens is 422 g/mol. The van der Waals surface area contributed by atoms with E-state index in [4.69, 9.17) is 17.0 Å². The zero-order valence-corrected chi connectivity index (χ0v) is 20.0. The van der Waals surface area contributed by atoms with E-state index >= 15 is 0 Å². The molecule has 32 heavy (non-hydrogen) atoms. The normalized spacial score (nSPS) is 10.3. The largest absolute Gasteiger partial charge is 0.493 e. The number of para-hydroxylation sites is 1. The van der Waals surface area contributed by atoms with Crippen LogP contribution < -0.4 is 15.4 Å². The number of anilines is 1. The number of thiocarbonyl (C=S) groups is 1. The minimum Gasteiger partial charge on any atom is -0.493 e. The van der Waals surface area contributed by atoms with Crippen molar-refractivity contribution >= 4 is 34.8 Å². The average molecular weight is 456 g/mol. The maximum atomic E-state index is 12.7. The van der Waals surface area contributed by atoms with Crippen molar-refractivity contribution in [3.8, 4) is 5.75 Å². The number of benzene rings is 2. The van der Waals surface area contributed by atoms with Crippen molar-refractivity contribution in [1.82, 2.24) is 10.2 Å². The third-order valence-electron chi connectivity index (χ3n) is 4.95.